The zero-order valence-corrected chi connectivity index (χ0v) is 32.0. The Balaban J connectivity index is 1.28. The molecule has 266 valence electrons. The van der Waals surface area contributed by atoms with Crippen LogP contribution in [0.25, 0.3) is 0 Å². The summed E-state index contributed by atoms with van der Waals surface area (Å²) in [5, 5.41) is 7.87. The van der Waals surface area contributed by atoms with Crippen molar-refractivity contribution in [3.63, 3.8) is 0 Å². The van der Waals surface area contributed by atoms with Crippen LogP contribution in [0.15, 0.2) is 84.9 Å². The van der Waals surface area contributed by atoms with Crippen LogP contribution in [0.5, 0.6) is 0 Å². The summed E-state index contributed by atoms with van der Waals surface area (Å²) in [7, 11) is 0. The molecule has 0 aliphatic carbocycles. The van der Waals surface area contributed by atoms with Crippen LogP contribution in [-0.4, -0.2) is 66.3 Å². The molecule has 2 unspecified atom stereocenters. The van der Waals surface area contributed by atoms with Crippen LogP contribution in [0.1, 0.15) is 102 Å². The Morgan fingerprint density at radius 3 is 1.32 bits per heavy atom. The summed E-state index contributed by atoms with van der Waals surface area (Å²) in [6.07, 6.45) is 1.99. The van der Waals surface area contributed by atoms with E-state index in [2.05, 4.69) is 75.8 Å². The highest BCUT2D eigenvalue weighted by Crippen LogP contribution is 2.42. The van der Waals surface area contributed by atoms with Crippen LogP contribution in [0, 0.1) is 0 Å². The predicted octanol–water partition coefficient (Wildman–Crippen LogP) is 8.84. The quantitative estimate of drug-likeness (QED) is 0.191. The number of anilines is 2. The van der Waals surface area contributed by atoms with Crippen molar-refractivity contribution in [2.75, 3.05) is 10.6 Å². The molecule has 2 aliphatic heterocycles. The highest BCUT2D eigenvalue weighted by molar-refractivity contribution is 7.80. The van der Waals surface area contributed by atoms with Crippen LogP contribution >= 0.6 is 24.4 Å². The Labute approximate surface area is 307 Å². The van der Waals surface area contributed by atoms with E-state index in [0.29, 0.717) is 23.1 Å². The molecule has 2 atom stereocenters. The molecule has 2 fully saturated rings. The van der Waals surface area contributed by atoms with Gasteiger partial charge in [-0.25, -0.2) is 9.59 Å². The zero-order valence-electron chi connectivity index (χ0n) is 30.4. The molecule has 2 saturated heterocycles. The van der Waals surface area contributed by atoms with E-state index in [4.69, 9.17) is 33.9 Å². The number of esters is 2. The van der Waals surface area contributed by atoms with E-state index in [1.165, 1.54) is 0 Å². The van der Waals surface area contributed by atoms with Gasteiger partial charge in [0.05, 0.1) is 22.2 Å². The van der Waals surface area contributed by atoms with Crippen molar-refractivity contribution in [1.82, 2.24) is 9.80 Å². The summed E-state index contributed by atoms with van der Waals surface area (Å²) < 4.78 is 12.4. The lowest BCUT2D eigenvalue weighted by atomic mass is 9.78. The fraction of sp³-hybridized carbons (Fsp3) is 0.450. The Hall–Kier alpha value is -4.02. The number of nitrogens with one attached hydrogen (secondary N) is 2. The molecule has 0 aromatic heterocycles. The summed E-state index contributed by atoms with van der Waals surface area (Å²) in [5.74, 6) is -0.995. The average Bonchev–Trinajstić information content (AvgIpc) is 3.04. The fourth-order valence-electron chi connectivity index (χ4n) is 7.80. The third-order valence-corrected chi connectivity index (χ3v) is 10.8. The van der Waals surface area contributed by atoms with Crippen molar-refractivity contribution in [1.29, 1.82) is 0 Å². The maximum atomic E-state index is 13.7. The minimum atomic E-state index is -0.616. The van der Waals surface area contributed by atoms with E-state index in [1.807, 2.05) is 60.7 Å². The lowest BCUT2D eigenvalue weighted by molar-refractivity contribution is -0.0744. The molecule has 3 aromatic rings. The molecule has 3 aromatic carbocycles. The second-order valence-corrected chi connectivity index (χ2v) is 16.4. The fourth-order valence-corrected chi connectivity index (χ4v) is 9.00. The number of piperidine rings is 2. The van der Waals surface area contributed by atoms with E-state index >= 15 is 0 Å². The van der Waals surface area contributed by atoms with Crippen molar-refractivity contribution < 1.29 is 19.1 Å². The Bertz CT molecular complexity index is 1600. The van der Waals surface area contributed by atoms with Crippen molar-refractivity contribution >= 4 is 58.0 Å². The number of carbonyl (C=O) groups excluding carboxylic acids is 2. The van der Waals surface area contributed by atoms with Gasteiger partial charge in [-0.1, -0.05) is 42.5 Å². The van der Waals surface area contributed by atoms with Crippen LogP contribution < -0.4 is 10.6 Å². The Morgan fingerprint density at radius 2 is 0.960 bits per heavy atom. The van der Waals surface area contributed by atoms with Crippen molar-refractivity contribution in [3.8, 4) is 0 Å². The molecule has 0 radical (unpaired) electrons. The number of nitrogens with zero attached hydrogens (tertiary/aromatic N) is 2. The SMILES string of the molecule is CC1(C)CCC(OC(=O)c2cccc(C(=O)OC3CCC(C)(C)N(C(=S)Nc4ccccc4)C3(C)C)c2)C(C)(C)N1C(=S)Nc1ccccc1. The molecule has 0 spiro atoms. The molecular formula is C40H50N4O4S2. The zero-order chi connectivity index (χ0) is 36.5. The first-order valence-corrected chi connectivity index (χ1v) is 18.1. The smallest absolute Gasteiger partial charge is 0.338 e. The summed E-state index contributed by atoms with van der Waals surface area (Å²) in [4.78, 5) is 31.6. The van der Waals surface area contributed by atoms with E-state index in [9.17, 15) is 9.59 Å². The van der Waals surface area contributed by atoms with Crippen LogP contribution in [0.2, 0.25) is 0 Å². The predicted molar refractivity (Wildman–Crippen MR) is 209 cm³/mol. The maximum absolute atomic E-state index is 13.7. The summed E-state index contributed by atoms with van der Waals surface area (Å²) in [6, 6.07) is 26.2. The molecule has 50 heavy (non-hydrogen) atoms. The van der Waals surface area contributed by atoms with Crippen molar-refractivity contribution in [3.05, 3.63) is 96.1 Å². The minimum Gasteiger partial charge on any atom is -0.456 e. The average molecular weight is 715 g/mol. The number of benzene rings is 3. The van der Waals surface area contributed by atoms with Gasteiger partial charge in [-0.15, -0.1) is 0 Å². The number of hydrogen-bond donors (Lipinski definition) is 2. The molecule has 5 rings (SSSR count). The molecule has 10 heteroatoms. The number of thiocarbonyl (C=S) groups is 2. The standard InChI is InChI=1S/C40H50N4O4S2/c1-37(2)24-22-31(39(5,6)43(37)35(49)41-29-18-11-9-12-19-29)47-33(45)27-16-15-17-28(26-27)34(46)48-32-23-25-38(3,4)44(40(32,7)8)36(50)42-30-20-13-10-14-21-30/h9-21,26,31-32H,22-25H2,1-8H3,(H,41,49)(H,42,50). The first-order chi connectivity index (χ1) is 23.4. The van der Waals surface area contributed by atoms with Gasteiger partial charge in [-0.2, -0.15) is 0 Å². The largest absolute Gasteiger partial charge is 0.456 e. The molecular weight excluding hydrogens is 665 g/mol. The molecule has 8 nitrogen and oxygen atoms in total. The van der Waals surface area contributed by atoms with Crippen molar-refractivity contribution in [2.24, 2.45) is 0 Å². The Kier molecular flexibility index (Phi) is 10.7. The highest BCUT2D eigenvalue weighted by Gasteiger charge is 2.51. The minimum absolute atomic E-state index is 0.270. The number of rotatable bonds is 6. The van der Waals surface area contributed by atoms with Crippen LogP contribution in [0.4, 0.5) is 11.4 Å². The monoisotopic (exact) mass is 714 g/mol. The lowest BCUT2D eigenvalue weighted by Gasteiger charge is -2.56. The normalized spacial score (nSPS) is 21.8. The van der Waals surface area contributed by atoms with Crippen LogP contribution in [-0.2, 0) is 9.47 Å². The number of ether oxygens (including phenoxy) is 2. The van der Waals surface area contributed by atoms with Gasteiger partial charge >= 0.3 is 11.9 Å². The van der Waals surface area contributed by atoms with Gasteiger partial charge in [-0.05, 0) is 148 Å². The van der Waals surface area contributed by atoms with Gasteiger partial charge in [0.15, 0.2) is 10.2 Å². The third kappa shape index (κ3) is 7.81. The number of carbonyl (C=O) groups is 2. The summed E-state index contributed by atoms with van der Waals surface area (Å²) >= 11 is 11.8. The maximum Gasteiger partial charge on any atom is 0.338 e. The van der Waals surface area contributed by atoms with Gasteiger partial charge in [0.2, 0.25) is 0 Å². The number of para-hydroxylation sites is 2. The van der Waals surface area contributed by atoms with E-state index in [1.54, 1.807) is 24.3 Å². The summed E-state index contributed by atoms with van der Waals surface area (Å²) in [6.45, 7) is 16.8. The van der Waals surface area contributed by atoms with Crippen molar-refractivity contribution in [2.45, 2.75) is 115 Å². The molecule has 0 saturated carbocycles. The Morgan fingerprint density at radius 1 is 0.600 bits per heavy atom. The molecule has 2 N–H and O–H groups in total. The number of likely N-dealkylation sites (tertiary alicyclic amines) is 2. The van der Waals surface area contributed by atoms with Gasteiger partial charge in [-0.3, -0.25) is 0 Å². The molecule has 0 bridgehead atoms. The highest BCUT2D eigenvalue weighted by atomic mass is 32.1. The lowest BCUT2D eigenvalue weighted by Crippen LogP contribution is -2.67. The molecule has 2 aliphatic rings. The van der Waals surface area contributed by atoms with Gasteiger partial charge < -0.3 is 29.9 Å². The first kappa shape index (κ1) is 37.2. The molecule has 0 amide bonds. The molecule has 2 heterocycles. The van der Waals surface area contributed by atoms with E-state index < -0.39 is 35.2 Å². The second-order valence-electron chi connectivity index (χ2n) is 15.6. The third-order valence-electron chi connectivity index (χ3n) is 10.3. The van der Waals surface area contributed by atoms with Gasteiger partial charge in [0, 0.05) is 22.5 Å². The van der Waals surface area contributed by atoms with E-state index in [-0.39, 0.29) is 22.2 Å². The van der Waals surface area contributed by atoms with Gasteiger partial charge in [0.25, 0.3) is 0 Å². The second kappa shape index (κ2) is 14.3. The first-order valence-electron chi connectivity index (χ1n) is 17.3. The topological polar surface area (TPSA) is 83.1 Å². The van der Waals surface area contributed by atoms with Gasteiger partial charge in [0.1, 0.15) is 12.2 Å². The van der Waals surface area contributed by atoms with Crippen LogP contribution in [0.3, 0.4) is 0 Å². The summed E-state index contributed by atoms with van der Waals surface area (Å²) in [5.41, 5.74) is 0.593. The van der Waals surface area contributed by atoms with E-state index in [0.717, 1.165) is 24.2 Å². The number of hydrogen-bond acceptors (Lipinski definition) is 6.